The molecular formula is C12H16N2O3. The van der Waals surface area contributed by atoms with Crippen LogP contribution in [0.15, 0.2) is 24.3 Å². The van der Waals surface area contributed by atoms with E-state index >= 15 is 0 Å². The summed E-state index contributed by atoms with van der Waals surface area (Å²) < 4.78 is 4.91. The van der Waals surface area contributed by atoms with Crippen molar-refractivity contribution in [3.8, 4) is 5.75 Å². The van der Waals surface area contributed by atoms with E-state index < -0.39 is 6.09 Å². The van der Waals surface area contributed by atoms with E-state index in [4.69, 9.17) is 4.74 Å². The maximum Gasteiger partial charge on any atom is 0.412 e. The maximum atomic E-state index is 11.7. The predicted octanol–water partition coefficient (Wildman–Crippen LogP) is 1.15. The third kappa shape index (κ3) is 4.24. The van der Waals surface area contributed by atoms with E-state index in [-0.39, 0.29) is 5.78 Å². The molecule has 0 aliphatic rings. The first-order valence-electron chi connectivity index (χ1n) is 5.20. The maximum absolute atomic E-state index is 11.7. The zero-order valence-corrected chi connectivity index (χ0v) is 10.2. The predicted molar refractivity (Wildman–Crippen MR) is 64.4 cm³/mol. The molecule has 5 nitrogen and oxygen atoms in total. The van der Waals surface area contributed by atoms with Crippen molar-refractivity contribution in [2.24, 2.45) is 0 Å². The average Bonchev–Trinajstić information content (AvgIpc) is 2.28. The third-order valence-electron chi connectivity index (χ3n) is 2.05. The van der Waals surface area contributed by atoms with Gasteiger partial charge in [0.15, 0.2) is 5.78 Å². The van der Waals surface area contributed by atoms with Gasteiger partial charge in [0.25, 0.3) is 0 Å². The number of ether oxygens (including phenoxy) is 1. The topological polar surface area (TPSA) is 58.6 Å². The highest BCUT2D eigenvalue weighted by atomic mass is 16.5. The van der Waals surface area contributed by atoms with Crippen LogP contribution in [-0.2, 0) is 0 Å². The van der Waals surface area contributed by atoms with Gasteiger partial charge in [-0.3, -0.25) is 4.79 Å². The lowest BCUT2D eigenvalue weighted by atomic mass is 10.1. The van der Waals surface area contributed by atoms with Crippen LogP contribution < -0.4 is 10.1 Å². The Balaban J connectivity index is 2.67. The lowest BCUT2D eigenvalue weighted by molar-refractivity contribution is 0.0958. The fourth-order valence-electron chi connectivity index (χ4n) is 1.25. The van der Waals surface area contributed by atoms with Gasteiger partial charge in [0.1, 0.15) is 5.75 Å². The van der Waals surface area contributed by atoms with Crippen molar-refractivity contribution in [2.45, 2.75) is 0 Å². The van der Waals surface area contributed by atoms with Crippen LogP contribution in [0.5, 0.6) is 5.75 Å². The van der Waals surface area contributed by atoms with Crippen molar-refractivity contribution >= 4 is 11.9 Å². The van der Waals surface area contributed by atoms with Gasteiger partial charge in [0.2, 0.25) is 0 Å². The number of hydrogen-bond donors (Lipinski definition) is 1. The monoisotopic (exact) mass is 236 g/mol. The van der Waals surface area contributed by atoms with Crippen LogP contribution in [0.1, 0.15) is 10.4 Å². The van der Waals surface area contributed by atoms with Gasteiger partial charge in [-0.25, -0.2) is 4.79 Å². The standard InChI is InChI=1S/C12H16N2O3/c1-13-12(16)17-10-6-4-9(5-7-10)11(15)8-14(2)3/h4-7H,8H2,1-3H3,(H,13,16). The van der Waals surface area contributed by atoms with Gasteiger partial charge in [-0.1, -0.05) is 0 Å². The number of rotatable bonds is 4. The van der Waals surface area contributed by atoms with Gasteiger partial charge in [-0.05, 0) is 38.4 Å². The SMILES string of the molecule is CNC(=O)Oc1ccc(C(=O)CN(C)C)cc1. The Labute approximate surface area is 100 Å². The molecule has 0 atom stereocenters. The van der Waals surface area contributed by atoms with Gasteiger partial charge >= 0.3 is 6.09 Å². The molecule has 0 bridgehead atoms. The summed E-state index contributed by atoms with van der Waals surface area (Å²) in [6.45, 7) is 0.357. The minimum atomic E-state index is -0.530. The highest BCUT2D eigenvalue weighted by Crippen LogP contribution is 2.12. The van der Waals surface area contributed by atoms with Gasteiger partial charge in [-0.2, -0.15) is 0 Å². The van der Waals surface area contributed by atoms with Crippen LogP contribution in [0.3, 0.4) is 0 Å². The molecule has 5 heteroatoms. The van der Waals surface area contributed by atoms with Gasteiger partial charge in [0.05, 0.1) is 6.54 Å². The van der Waals surface area contributed by atoms with Crippen LogP contribution in [0.2, 0.25) is 0 Å². The number of hydrogen-bond acceptors (Lipinski definition) is 4. The Kier molecular flexibility index (Phi) is 4.66. The van der Waals surface area contributed by atoms with Gasteiger partial charge in [0, 0.05) is 12.6 Å². The summed E-state index contributed by atoms with van der Waals surface area (Å²) in [5, 5.41) is 2.34. The molecule has 1 aromatic rings. The molecule has 92 valence electrons. The molecule has 0 aliphatic heterocycles. The number of carbonyl (C=O) groups excluding carboxylic acids is 2. The normalized spacial score (nSPS) is 10.1. The highest BCUT2D eigenvalue weighted by molar-refractivity contribution is 5.97. The third-order valence-corrected chi connectivity index (χ3v) is 2.05. The Hall–Kier alpha value is -1.88. The van der Waals surface area contributed by atoms with E-state index in [2.05, 4.69) is 5.32 Å². The van der Waals surface area contributed by atoms with Crippen LogP contribution >= 0.6 is 0 Å². The summed E-state index contributed by atoms with van der Waals surface area (Å²) >= 11 is 0. The number of Topliss-reactive ketones (excluding diaryl/α,β-unsaturated/α-hetero) is 1. The number of ketones is 1. The Morgan fingerprint density at radius 3 is 2.29 bits per heavy atom. The van der Waals surface area contributed by atoms with E-state index in [1.54, 1.807) is 29.2 Å². The van der Waals surface area contributed by atoms with Crippen LogP contribution in [0.25, 0.3) is 0 Å². The molecular weight excluding hydrogens is 220 g/mol. The Morgan fingerprint density at radius 2 is 1.82 bits per heavy atom. The number of nitrogens with one attached hydrogen (secondary N) is 1. The summed E-state index contributed by atoms with van der Waals surface area (Å²) in [7, 11) is 5.15. The summed E-state index contributed by atoms with van der Waals surface area (Å²) in [6, 6.07) is 6.48. The molecule has 1 rings (SSSR count). The number of likely N-dealkylation sites (N-methyl/N-ethyl adjacent to an activating group) is 1. The molecule has 0 aliphatic carbocycles. The molecule has 0 radical (unpaired) electrons. The van der Waals surface area contributed by atoms with Crippen molar-refractivity contribution in [3.05, 3.63) is 29.8 Å². The quantitative estimate of drug-likeness (QED) is 0.797. The van der Waals surface area contributed by atoms with Gasteiger partial charge < -0.3 is 15.0 Å². The fourth-order valence-corrected chi connectivity index (χ4v) is 1.25. The molecule has 0 unspecified atom stereocenters. The summed E-state index contributed by atoms with van der Waals surface area (Å²) in [4.78, 5) is 24.4. The Morgan fingerprint density at radius 1 is 1.24 bits per heavy atom. The second kappa shape index (κ2) is 6.00. The van der Waals surface area contributed by atoms with Crippen LogP contribution in [0, 0.1) is 0 Å². The number of nitrogens with zero attached hydrogens (tertiary/aromatic N) is 1. The number of amides is 1. The van der Waals surface area contributed by atoms with Crippen molar-refractivity contribution in [2.75, 3.05) is 27.7 Å². The van der Waals surface area contributed by atoms with Gasteiger partial charge in [-0.15, -0.1) is 0 Å². The summed E-state index contributed by atoms with van der Waals surface area (Å²) in [5.74, 6) is 0.437. The van der Waals surface area contributed by atoms with Crippen molar-refractivity contribution in [3.63, 3.8) is 0 Å². The second-order valence-corrected chi connectivity index (χ2v) is 3.82. The molecule has 1 aromatic carbocycles. The molecule has 0 aromatic heterocycles. The smallest absolute Gasteiger partial charge is 0.410 e. The molecule has 1 amide bonds. The molecule has 0 saturated heterocycles. The lowest BCUT2D eigenvalue weighted by Crippen LogP contribution is -2.22. The average molecular weight is 236 g/mol. The molecule has 0 saturated carbocycles. The van der Waals surface area contributed by atoms with E-state index in [1.807, 2.05) is 14.1 Å². The van der Waals surface area contributed by atoms with Crippen LogP contribution in [-0.4, -0.2) is 44.5 Å². The first-order chi connectivity index (χ1) is 8.02. The molecule has 17 heavy (non-hydrogen) atoms. The van der Waals surface area contributed by atoms with Crippen molar-refractivity contribution < 1.29 is 14.3 Å². The van der Waals surface area contributed by atoms with E-state index in [1.165, 1.54) is 7.05 Å². The zero-order chi connectivity index (χ0) is 12.8. The Bertz CT molecular complexity index is 399. The minimum absolute atomic E-state index is 0.0292. The first kappa shape index (κ1) is 13.2. The first-order valence-corrected chi connectivity index (χ1v) is 5.20. The van der Waals surface area contributed by atoms with E-state index in [0.29, 0.717) is 17.9 Å². The summed E-state index contributed by atoms with van der Waals surface area (Å²) in [6.07, 6.45) is -0.530. The number of carbonyl (C=O) groups is 2. The lowest BCUT2D eigenvalue weighted by Gasteiger charge is -2.08. The minimum Gasteiger partial charge on any atom is -0.410 e. The van der Waals surface area contributed by atoms with E-state index in [0.717, 1.165) is 0 Å². The van der Waals surface area contributed by atoms with Crippen molar-refractivity contribution in [1.82, 2.24) is 10.2 Å². The van der Waals surface area contributed by atoms with Crippen LogP contribution in [0.4, 0.5) is 4.79 Å². The molecule has 0 heterocycles. The zero-order valence-electron chi connectivity index (χ0n) is 10.2. The van der Waals surface area contributed by atoms with Crippen molar-refractivity contribution in [1.29, 1.82) is 0 Å². The highest BCUT2D eigenvalue weighted by Gasteiger charge is 2.07. The van der Waals surface area contributed by atoms with E-state index in [9.17, 15) is 9.59 Å². The molecule has 1 N–H and O–H groups in total. The fraction of sp³-hybridized carbons (Fsp3) is 0.333. The summed E-state index contributed by atoms with van der Waals surface area (Å²) in [5.41, 5.74) is 0.600. The second-order valence-electron chi connectivity index (χ2n) is 3.82. The number of benzene rings is 1. The largest absolute Gasteiger partial charge is 0.412 e. The molecule has 0 spiro atoms. The molecule has 0 fully saturated rings.